The number of anilines is 1. The quantitative estimate of drug-likeness (QED) is 0.644. The van der Waals surface area contributed by atoms with Crippen molar-refractivity contribution in [3.05, 3.63) is 52.3 Å². The van der Waals surface area contributed by atoms with E-state index in [0.29, 0.717) is 5.71 Å². The third-order valence-corrected chi connectivity index (χ3v) is 3.51. The first kappa shape index (κ1) is 13.3. The van der Waals surface area contributed by atoms with Crippen LogP contribution < -0.4 is 5.32 Å². The number of aryl methyl sites for hydroxylation is 3. The van der Waals surface area contributed by atoms with Crippen molar-refractivity contribution in [2.24, 2.45) is 10.2 Å². The second kappa shape index (κ2) is 5.01. The summed E-state index contributed by atoms with van der Waals surface area (Å²) in [5, 5.41) is 11.0. The Morgan fingerprint density at radius 1 is 1.14 bits per heavy atom. The third-order valence-electron chi connectivity index (χ3n) is 3.51. The molecule has 5 nitrogen and oxygen atoms in total. The van der Waals surface area contributed by atoms with Crippen LogP contribution in [-0.4, -0.2) is 22.8 Å². The summed E-state index contributed by atoms with van der Waals surface area (Å²) in [6.07, 6.45) is 1.64. The minimum atomic E-state index is -0.212. The number of rotatable bonds is 2. The smallest absolute Gasteiger partial charge is 0.276 e. The highest BCUT2D eigenvalue weighted by atomic mass is 16.2. The van der Waals surface area contributed by atoms with Crippen LogP contribution in [0.2, 0.25) is 0 Å². The van der Waals surface area contributed by atoms with Crippen molar-refractivity contribution in [1.82, 2.24) is 4.98 Å². The third kappa shape index (κ3) is 2.38. The maximum atomic E-state index is 12.0. The van der Waals surface area contributed by atoms with Crippen molar-refractivity contribution >= 4 is 23.5 Å². The highest BCUT2D eigenvalue weighted by Crippen LogP contribution is 2.26. The number of aromatic amines is 1. The number of amides is 1. The lowest BCUT2D eigenvalue weighted by Gasteiger charge is -2.00. The lowest BCUT2D eigenvalue weighted by molar-refractivity contribution is -0.110. The van der Waals surface area contributed by atoms with E-state index in [1.807, 2.05) is 45.0 Å². The van der Waals surface area contributed by atoms with E-state index in [9.17, 15) is 4.79 Å². The molecule has 0 radical (unpaired) electrons. The van der Waals surface area contributed by atoms with Crippen LogP contribution in [0.1, 0.15) is 28.1 Å². The highest BCUT2D eigenvalue weighted by molar-refractivity contribution is 6.54. The zero-order valence-electron chi connectivity index (χ0n) is 12.2. The second-order valence-electron chi connectivity index (χ2n) is 5.19. The van der Waals surface area contributed by atoms with E-state index in [1.165, 1.54) is 0 Å². The average molecular weight is 280 g/mol. The molecule has 106 valence electrons. The molecule has 3 rings (SSSR count). The van der Waals surface area contributed by atoms with Gasteiger partial charge in [0.05, 0.1) is 17.6 Å². The van der Waals surface area contributed by atoms with Crippen LogP contribution in [0.3, 0.4) is 0 Å². The zero-order chi connectivity index (χ0) is 15.0. The van der Waals surface area contributed by atoms with Crippen LogP contribution in [0.5, 0.6) is 0 Å². The number of H-pyrrole nitrogens is 1. The van der Waals surface area contributed by atoms with Crippen molar-refractivity contribution in [3.8, 4) is 0 Å². The summed E-state index contributed by atoms with van der Waals surface area (Å²) >= 11 is 0. The van der Waals surface area contributed by atoms with Crippen molar-refractivity contribution in [1.29, 1.82) is 0 Å². The van der Waals surface area contributed by atoms with E-state index < -0.39 is 0 Å². The molecule has 1 aromatic carbocycles. The van der Waals surface area contributed by atoms with Gasteiger partial charge in [-0.1, -0.05) is 12.1 Å². The van der Waals surface area contributed by atoms with E-state index in [0.717, 1.165) is 33.8 Å². The molecular formula is C16H16N4O. The number of nitrogens with one attached hydrogen (secondary N) is 2. The Kier molecular flexibility index (Phi) is 3.17. The lowest BCUT2D eigenvalue weighted by atomic mass is 10.1. The molecule has 0 unspecified atom stereocenters. The van der Waals surface area contributed by atoms with Gasteiger partial charge in [0.25, 0.3) is 5.91 Å². The monoisotopic (exact) mass is 280 g/mol. The summed E-state index contributed by atoms with van der Waals surface area (Å²) in [5.41, 5.74) is 6.07. The minimum absolute atomic E-state index is 0.212. The Morgan fingerprint density at radius 2 is 1.95 bits per heavy atom. The van der Waals surface area contributed by atoms with Gasteiger partial charge in [-0.2, -0.15) is 5.10 Å². The highest BCUT2D eigenvalue weighted by Gasteiger charge is 2.27. The second-order valence-corrected chi connectivity index (χ2v) is 5.19. The summed E-state index contributed by atoms with van der Waals surface area (Å²) < 4.78 is 0. The fraction of sp³-hybridized carbons (Fsp3) is 0.188. The summed E-state index contributed by atoms with van der Waals surface area (Å²) in [7, 11) is 0. The molecule has 0 spiro atoms. The number of carbonyl (C=O) groups excluding carboxylic acids is 1. The molecule has 0 bridgehead atoms. The molecule has 0 fully saturated rings. The van der Waals surface area contributed by atoms with Gasteiger partial charge in [0.15, 0.2) is 5.71 Å². The largest absolute Gasteiger partial charge is 0.358 e. The Balaban J connectivity index is 1.95. The zero-order valence-corrected chi connectivity index (χ0v) is 12.2. The number of benzene rings is 1. The molecule has 0 saturated carbocycles. The SMILES string of the molecule is Cc1cc(C)c(/C=N/N=C2\C(=O)Nc3cccc(C)c32)[nH]1. The molecule has 1 aromatic heterocycles. The van der Waals surface area contributed by atoms with Gasteiger partial charge in [-0.3, -0.25) is 4.79 Å². The van der Waals surface area contributed by atoms with Gasteiger partial charge in [-0.25, -0.2) is 0 Å². The summed E-state index contributed by atoms with van der Waals surface area (Å²) in [6, 6.07) is 7.77. The Morgan fingerprint density at radius 3 is 2.67 bits per heavy atom. The van der Waals surface area contributed by atoms with Crippen LogP contribution in [0.25, 0.3) is 0 Å². The maximum absolute atomic E-state index is 12.0. The van der Waals surface area contributed by atoms with E-state index in [4.69, 9.17) is 0 Å². The molecule has 21 heavy (non-hydrogen) atoms. The lowest BCUT2D eigenvalue weighted by Crippen LogP contribution is -2.14. The van der Waals surface area contributed by atoms with Gasteiger partial charge < -0.3 is 10.3 Å². The molecule has 0 saturated heterocycles. The van der Waals surface area contributed by atoms with Crippen molar-refractivity contribution < 1.29 is 4.79 Å². The fourth-order valence-corrected chi connectivity index (χ4v) is 2.50. The van der Waals surface area contributed by atoms with E-state index in [-0.39, 0.29) is 5.91 Å². The molecule has 2 aromatic rings. The van der Waals surface area contributed by atoms with Crippen LogP contribution in [0.4, 0.5) is 5.69 Å². The normalized spacial score (nSPS) is 15.8. The minimum Gasteiger partial charge on any atom is -0.358 e. The van der Waals surface area contributed by atoms with Crippen LogP contribution in [-0.2, 0) is 4.79 Å². The molecule has 1 amide bonds. The molecule has 2 heterocycles. The topological polar surface area (TPSA) is 69.6 Å². The summed E-state index contributed by atoms with van der Waals surface area (Å²) in [6.45, 7) is 5.94. The predicted octanol–water partition coefficient (Wildman–Crippen LogP) is 2.72. The standard InChI is InChI=1S/C16H16N4O/c1-9-5-4-6-12-14(9)15(16(21)19-12)20-17-8-13-10(2)7-11(3)18-13/h4-8,18H,1-3H3,(H,19,20,21)/b17-8+. The van der Waals surface area contributed by atoms with Gasteiger partial charge >= 0.3 is 0 Å². The predicted molar refractivity (Wildman–Crippen MR) is 84.2 cm³/mol. The summed E-state index contributed by atoms with van der Waals surface area (Å²) in [5.74, 6) is -0.212. The fourth-order valence-electron chi connectivity index (χ4n) is 2.50. The molecule has 0 atom stereocenters. The van der Waals surface area contributed by atoms with Crippen LogP contribution >= 0.6 is 0 Å². The molecule has 0 aliphatic carbocycles. The Hall–Kier alpha value is -2.69. The molecule has 2 N–H and O–H groups in total. The number of carbonyl (C=O) groups is 1. The Labute approximate surface area is 122 Å². The van der Waals surface area contributed by atoms with Crippen molar-refractivity contribution in [3.63, 3.8) is 0 Å². The van der Waals surface area contributed by atoms with Crippen LogP contribution in [0.15, 0.2) is 34.5 Å². The number of hydrogen-bond acceptors (Lipinski definition) is 3. The van der Waals surface area contributed by atoms with Gasteiger partial charge in [0.1, 0.15) is 0 Å². The van der Waals surface area contributed by atoms with Gasteiger partial charge in [-0.05, 0) is 44.0 Å². The van der Waals surface area contributed by atoms with Gasteiger partial charge in [-0.15, -0.1) is 5.10 Å². The molecule has 1 aliphatic rings. The van der Waals surface area contributed by atoms with Crippen molar-refractivity contribution in [2.75, 3.05) is 5.32 Å². The van der Waals surface area contributed by atoms with Gasteiger partial charge in [0.2, 0.25) is 0 Å². The van der Waals surface area contributed by atoms with Crippen molar-refractivity contribution in [2.45, 2.75) is 20.8 Å². The van der Waals surface area contributed by atoms with Gasteiger partial charge in [0, 0.05) is 11.3 Å². The van der Waals surface area contributed by atoms with E-state index in [2.05, 4.69) is 20.5 Å². The number of aromatic nitrogens is 1. The Bertz CT molecular complexity index is 784. The average Bonchev–Trinajstić information content (AvgIpc) is 2.91. The first-order chi connectivity index (χ1) is 10.1. The number of nitrogens with zero attached hydrogens (tertiary/aromatic N) is 2. The van der Waals surface area contributed by atoms with E-state index in [1.54, 1.807) is 6.21 Å². The van der Waals surface area contributed by atoms with E-state index >= 15 is 0 Å². The summed E-state index contributed by atoms with van der Waals surface area (Å²) in [4.78, 5) is 15.2. The molecule has 5 heteroatoms. The van der Waals surface area contributed by atoms with Crippen LogP contribution in [0, 0.1) is 20.8 Å². The molecule has 1 aliphatic heterocycles. The molecular weight excluding hydrogens is 264 g/mol. The number of fused-ring (bicyclic) bond motifs is 1. The maximum Gasteiger partial charge on any atom is 0.276 e. The first-order valence-corrected chi connectivity index (χ1v) is 6.75. The first-order valence-electron chi connectivity index (χ1n) is 6.75. The number of hydrogen-bond donors (Lipinski definition) is 2.